The molecule has 1 heterocycles. The molecule has 2 rings (SSSR count). The van der Waals surface area contributed by atoms with Crippen LogP contribution in [0.3, 0.4) is 0 Å². The number of hydrogen-bond donors (Lipinski definition) is 0. The Hall–Kier alpha value is -1.24. The fourth-order valence-corrected chi connectivity index (χ4v) is 0.981. The highest BCUT2D eigenvalue weighted by Gasteiger charge is 2.02. The molecule has 0 atom stereocenters. The van der Waals surface area contributed by atoms with Crippen LogP contribution in [0.25, 0.3) is 5.57 Å². The van der Waals surface area contributed by atoms with Crippen molar-refractivity contribution in [2.75, 3.05) is 0 Å². The van der Waals surface area contributed by atoms with Gasteiger partial charge in [-0.1, -0.05) is 18.2 Å². The lowest BCUT2D eigenvalue weighted by atomic mass is 10.2. The van der Waals surface area contributed by atoms with Gasteiger partial charge in [-0.2, -0.15) is 0 Å². The van der Waals surface area contributed by atoms with E-state index in [4.69, 9.17) is 4.42 Å². The fraction of sp³-hybridized carbons (Fsp3) is 0. The molecule has 0 amide bonds. The molecule has 10 heavy (non-hydrogen) atoms. The van der Waals surface area contributed by atoms with E-state index in [2.05, 4.69) is 0 Å². The first kappa shape index (κ1) is 5.54. The Morgan fingerprint density at radius 1 is 1.30 bits per heavy atom. The van der Waals surface area contributed by atoms with Gasteiger partial charge in [0.1, 0.15) is 5.76 Å². The van der Waals surface area contributed by atoms with E-state index in [1.54, 1.807) is 6.26 Å². The standard InChI is InChI=1S/C9H7O/c1-2-5-8(4-1)9-6-3-7-10-9/h1-7H. The van der Waals surface area contributed by atoms with Crippen LogP contribution in [0.1, 0.15) is 5.76 Å². The minimum absolute atomic E-state index is 0.935. The maximum absolute atomic E-state index is 5.18. The Labute approximate surface area is 59.7 Å². The van der Waals surface area contributed by atoms with Gasteiger partial charge in [0, 0.05) is 12.0 Å². The van der Waals surface area contributed by atoms with Gasteiger partial charge in [0.05, 0.1) is 6.26 Å². The van der Waals surface area contributed by atoms with Crippen molar-refractivity contribution in [2.45, 2.75) is 0 Å². The molecular weight excluding hydrogens is 124 g/mol. The van der Waals surface area contributed by atoms with Crippen LogP contribution in [0.2, 0.25) is 0 Å². The van der Waals surface area contributed by atoms with Crippen molar-refractivity contribution in [3.8, 4) is 0 Å². The Morgan fingerprint density at radius 2 is 2.30 bits per heavy atom. The molecule has 0 bridgehead atoms. The summed E-state index contributed by atoms with van der Waals surface area (Å²) in [6.45, 7) is 0. The monoisotopic (exact) mass is 131 g/mol. The van der Waals surface area contributed by atoms with E-state index in [0.717, 1.165) is 11.3 Å². The average molecular weight is 131 g/mol. The zero-order valence-electron chi connectivity index (χ0n) is 5.45. The van der Waals surface area contributed by atoms with E-state index < -0.39 is 0 Å². The highest BCUT2D eigenvalue weighted by molar-refractivity contribution is 5.75. The summed E-state index contributed by atoms with van der Waals surface area (Å²) >= 11 is 0. The largest absolute Gasteiger partial charge is 0.464 e. The summed E-state index contributed by atoms with van der Waals surface area (Å²) in [4.78, 5) is 0. The van der Waals surface area contributed by atoms with Crippen molar-refractivity contribution in [1.82, 2.24) is 0 Å². The topological polar surface area (TPSA) is 13.1 Å². The number of allylic oxidation sites excluding steroid dienone is 4. The Bertz CT molecular complexity index is 265. The predicted molar refractivity (Wildman–Crippen MR) is 40.1 cm³/mol. The van der Waals surface area contributed by atoms with Crippen molar-refractivity contribution in [1.29, 1.82) is 0 Å². The first-order valence-electron chi connectivity index (χ1n) is 3.22. The summed E-state index contributed by atoms with van der Waals surface area (Å²) in [6, 6.07) is 3.84. The van der Waals surface area contributed by atoms with E-state index >= 15 is 0 Å². The Kier molecular flexibility index (Phi) is 1.21. The van der Waals surface area contributed by atoms with Gasteiger partial charge >= 0.3 is 0 Å². The highest BCUT2D eigenvalue weighted by Crippen LogP contribution is 2.20. The maximum atomic E-state index is 5.18. The molecule has 0 aromatic carbocycles. The average Bonchev–Trinajstić information content (AvgIpc) is 2.59. The molecule has 0 fully saturated rings. The van der Waals surface area contributed by atoms with Crippen LogP contribution in [0, 0.1) is 6.42 Å². The molecule has 1 aromatic rings. The summed E-state index contributed by atoms with van der Waals surface area (Å²) in [6.07, 6.45) is 9.73. The highest BCUT2D eigenvalue weighted by atomic mass is 16.3. The zero-order chi connectivity index (χ0) is 6.81. The van der Waals surface area contributed by atoms with E-state index in [1.807, 2.05) is 36.8 Å². The van der Waals surface area contributed by atoms with Gasteiger partial charge in [-0.05, 0) is 12.1 Å². The Balaban J connectivity index is 2.36. The molecule has 1 aliphatic rings. The van der Waals surface area contributed by atoms with Gasteiger partial charge < -0.3 is 4.42 Å². The summed E-state index contributed by atoms with van der Waals surface area (Å²) < 4.78 is 5.18. The lowest BCUT2D eigenvalue weighted by Gasteiger charge is -1.89. The smallest absolute Gasteiger partial charge is 0.133 e. The van der Waals surface area contributed by atoms with Crippen LogP contribution in [0.5, 0.6) is 0 Å². The third-order valence-electron chi connectivity index (χ3n) is 1.47. The molecule has 0 unspecified atom stereocenters. The normalized spacial score (nSPS) is 15.8. The first-order valence-corrected chi connectivity index (χ1v) is 3.22. The molecule has 1 aliphatic carbocycles. The number of furan rings is 1. The van der Waals surface area contributed by atoms with Crippen molar-refractivity contribution in [2.24, 2.45) is 0 Å². The van der Waals surface area contributed by atoms with E-state index in [1.165, 1.54) is 0 Å². The van der Waals surface area contributed by atoms with Gasteiger partial charge in [0.15, 0.2) is 0 Å². The minimum Gasteiger partial charge on any atom is -0.464 e. The molecule has 0 spiro atoms. The van der Waals surface area contributed by atoms with Gasteiger partial charge in [-0.25, -0.2) is 0 Å². The van der Waals surface area contributed by atoms with Crippen LogP contribution < -0.4 is 0 Å². The second kappa shape index (κ2) is 2.18. The molecular formula is C9H7O. The van der Waals surface area contributed by atoms with Crippen LogP contribution >= 0.6 is 0 Å². The Morgan fingerprint density at radius 3 is 2.90 bits per heavy atom. The minimum atomic E-state index is 0.935. The number of rotatable bonds is 1. The van der Waals surface area contributed by atoms with Crippen LogP contribution in [-0.2, 0) is 0 Å². The molecule has 0 aliphatic heterocycles. The summed E-state index contributed by atoms with van der Waals surface area (Å²) in [5, 5.41) is 0. The third-order valence-corrected chi connectivity index (χ3v) is 1.47. The van der Waals surface area contributed by atoms with Crippen LogP contribution in [0.15, 0.2) is 41.0 Å². The first-order chi connectivity index (χ1) is 4.97. The second-order valence-corrected chi connectivity index (χ2v) is 2.15. The van der Waals surface area contributed by atoms with E-state index in [-0.39, 0.29) is 0 Å². The summed E-state index contributed by atoms with van der Waals surface area (Å²) in [7, 11) is 0. The van der Waals surface area contributed by atoms with Crippen LogP contribution in [-0.4, -0.2) is 0 Å². The van der Waals surface area contributed by atoms with Crippen LogP contribution in [0.4, 0.5) is 0 Å². The van der Waals surface area contributed by atoms with Crippen molar-refractivity contribution >= 4 is 5.57 Å². The van der Waals surface area contributed by atoms with Gasteiger partial charge in [-0.3, -0.25) is 0 Å². The lowest BCUT2D eigenvalue weighted by molar-refractivity contribution is 0.554. The van der Waals surface area contributed by atoms with Crippen molar-refractivity contribution in [3.05, 3.63) is 48.8 Å². The lowest BCUT2D eigenvalue weighted by Crippen LogP contribution is -1.69. The molecule has 1 radical (unpaired) electrons. The zero-order valence-corrected chi connectivity index (χ0v) is 5.45. The predicted octanol–water partition coefficient (Wildman–Crippen LogP) is 2.44. The second-order valence-electron chi connectivity index (χ2n) is 2.15. The SMILES string of the molecule is [CH]1C=CC(c2ccco2)=C1. The molecule has 49 valence electrons. The van der Waals surface area contributed by atoms with E-state index in [9.17, 15) is 0 Å². The summed E-state index contributed by atoms with van der Waals surface area (Å²) in [5.74, 6) is 0.935. The molecule has 1 nitrogen and oxygen atoms in total. The molecule has 0 saturated carbocycles. The number of hydrogen-bond acceptors (Lipinski definition) is 1. The third kappa shape index (κ3) is 0.798. The van der Waals surface area contributed by atoms with Crippen molar-refractivity contribution < 1.29 is 4.42 Å². The molecule has 0 N–H and O–H groups in total. The maximum Gasteiger partial charge on any atom is 0.133 e. The summed E-state index contributed by atoms with van der Waals surface area (Å²) in [5.41, 5.74) is 1.14. The quantitative estimate of drug-likeness (QED) is 0.570. The van der Waals surface area contributed by atoms with Crippen molar-refractivity contribution in [3.63, 3.8) is 0 Å². The fourth-order valence-electron chi connectivity index (χ4n) is 0.981. The molecule has 1 aromatic heterocycles. The van der Waals surface area contributed by atoms with E-state index in [0.29, 0.717) is 0 Å². The van der Waals surface area contributed by atoms with Gasteiger partial charge in [-0.15, -0.1) is 0 Å². The van der Waals surface area contributed by atoms with Gasteiger partial charge in [0.2, 0.25) is 0 Å². The molecule has 1 heteroatoms. The van der Waals surface area contributed by atoms with Gasteiger partial charge in [0.25, 0.3) is 0 Å². The molecule has 0 saturated heterocycles.